The van der Waals surface area contributed by atoms with Gasteiger partial charge in [-0.2, -0.15) is 13.2 Å². The van der Waals surface area contributed by atoms with E-state index < -0.39 is 11.2 Å². The summed E-state index contributed by atoms with van der Waals surface area (Å²) in [5.41, 5.74) is 0. The highest BCUT2D eigenvalue weighted by Crippen LogP contribution is 2.33. The molecule has 3 rings (SSSR count). The van der Waals surface area contributed by atoms with Crippen molar-refractivity contribution < 1.29 is 13.2 Å². The van der Waals surface area contributed by atoms with Crippen LogP contribution in [0.2, 0.25) is 0 Å². The second-order valence-electron chi connectivity index (χ2n) is 5.22. The fraction of sp³-hybridized carbons (Fsp3) is 0.538. The summed E-state index contributed by atoms with van der Waals surface area (Å²) < 4.78 is 39.9. The van der Waals surface area contributed by atoms with Crippen LogP contribution in [-0.4, -0.2) is 39.1 Å². The van der Waals surface area contributed by atoms with Gasteiger partial charge >= 0.3 is 6.18 Å². The van der Waals surface area contributed by atoms with Crippen LogP contribution >= 0.6 is 11.3 Å². The molecule has 0 amide bonds. The van der Waals surface area contributed by atoms with E-state index in [0.717, 1.165) is 25.5 Å². The molecule has 0 aliphatic carbocycles. The summed E-state index contributed by atoms with van der Waals surface area (Å²) in [6, 6.07) is 0.0465. The molecular weight excluding hydrogens is 315 g/mol. The normalized spacial score (nSPS) is 20.5. The molecule has 0 saturated carbocycles. The third-order valence-corrected chi connectivity index (χ3v) is 4.69. The summed E-state index contributed by atoms with van der Waals surface area (Å²) >= 11 is 0.712. The molecule has 1 aliphatic rings. The van der Waals surface area contributed by atoms with Crippen molar-refractivity contribution in [2.45, 2.75) is 18.8 Å². The molecule has 1 N–H and O–H groups in total. The van der Waals surface area contributed by atoms with Crippen LogP contribution < -0.4 is 5.32 Å². The van der Waals surface area contributed by atoms with Crippen molar-refractivity contribution in [2.24, 2.45) is 7.05 Å². The van der Waals surface area contributed by atoms with Gasteiger partial charge < -0.3 is 9.88 Å². The number of aryl methyl sites for hydroxylation is 1. The summed E-state index contributed by atoms with van der Waals surface area (Å²) in [7, 11) is 1.92. The van der Waals surface area contributed by atoms with E-state index in [0.29, 0.717) is 22.8 Å². The number of piperazine rings is 1. The van der Waals surface area contributed by atoms with Gasteiger partial charge in [0.1, 0.15) is 5.82 Å². The van der Waals surface area contributed by atoms with Crippen molar-refractivity contribution in [3.63, 3.8) is 0 Å². The average molecular weight is 331 g/mol. The smallest absolute Gasteiger partial charge is 0.337 e. The Morgan fingerprint density at radius 1 is 1.41 bits per heavy atom. The van der Waals surface area contributed by atoms with Gasteiger partial charge in [-0.25, -0.2) is 9.97 Å². The molecule has 5 nitrogen and oxygen atoms in total. The molecule has 2 aromatic heterocycles. The van der Waals surface area contributed by atoms with E-state index in [9.17, 15) is 13.2 Å². The van der Waals surface area contributed by atoms with Gasteiger partial charge in [0.15, 0.2) is 5.01 Å². The van der Waals surface area contributed by atoms with Crippen LogP contribution in [0.5, 0.6) is 0 Å². The van der Waals surface area contributed by atoms with Gasteiger partial charge in [0.25, 0.3) is 0 Å². The Hall–Kier alpha value is -1.45. The topological polar surface area (TPSA) is 46.0 Å². The first-order valence-corrected chi connectivity index (χ1v) is 7.70. The van der Waals surface area contributed by atoms with Crippen molar-refractivity contribution in [1.29, 1.82) is 0 Å². The molecule has 0 spiro atoms. The minimum atomic E-state index is -4.37. The molecule has 1 fully saturated rings. The maximum atomic E-state index is 12.6. The van der Waals surface area contributed by atoms with Crippen LogP contribution in [0.1, 0.15) is 21.8 Å². The highest BCUT2D eigenvalue weighted by atomic mass is 32.1. The highest BCUT2D eigenvalue weighted by Gasteiger charge is 2.35. The minimum absolute atomic E-state index is 0.0465. The van der Waals surface area contributed by atoms with Crippen molar-refractivity contribution in [2.75, 3.05) is 19.6 Å². The van der Waals surface area contributed by atoms with Gasteiger partial charge in [-0.05, 0) is 0 Å². The van der Waals surface area contributed by atoms with Gasteiger partial charge in [0.05, 0.1) is 6.04 Å². The lowest BCUT2D eigenvalue weighted by molar-refractivity contribution is -0.137. The molecule has 3 heterocycles. The molecule has 1 saturated heterocycles. The van der Waals surface area contributed by atoms with Gasteiger partial charge in [-0.3, -0.25) is 4.90 Å². The zero-order chi connectivity index (χ0) is 15.7. The molecule has 22 heavy (non-hydrogen) atoms. The quantitative estimate of drug-likeness (QED) is 0.935. The van der Waals surface area contributed by atoms with E-state index in [1.54, 1.807) is 6.20 Å². The molecule has 1 unspecified atom stereocenters. The molecule has 0 aromatic carbocycles. The average Bonchev–Trinajstić information content (AvgIpc) is 3.08. The monoisotopic (exact) mass is 331 g/mol. The molecular formula is C13H16F3N5S. The first-order chi connectivity index (χ1) is 10.4. The standard InChI is InChI=1S/C13H16F3N5S/c1-20-4-3-18-11(20)10-7-17-2-5-21(10)8-9-6-19-12(22-9)13(14,15)16/h3-4,6,10,17H,2,5,7-8H2,1H3. The molecule has 1 atom stereocenters. The Labute approximate surface area is 129 Å². The maximum absolute atomic E-state index is 12.6. The van der Waals surface area contributed by atoms with Crippen LogP contribution in [0.4, 0.5) is 13.2 Å². The number of halogens is 3. The Morgan fingerprint density at radius 3 is 2.86 bits per heavy atom. The van der Waals surface area contributed by atoms with Crippen molar-refractivity contribution in [1.82, 2.24) is 24.8 Å². The van der Waals surface area contributed by atoms with Crippen LogP contribution in [0.3, 0.4) is 0 Å². The first kappa shape index (κ1) is 15.4. The summed E-state index contributed by atoms with van der Waals surface area (Å²) in [4.78, 5) is 10.6. The Bertz CT molecular complexity index is 636. The first-order valence-electron chi connectivity index (χ1n) is 6.89. The third kappa shape index (κ3) is 3.16. The van der Waals surface area contributed by atoms with E-state index in [4.69, 9.17) is 0 Å². The molecule has 2 aromatic rings. The fourth-order valence-electron chi connectivity index (χ4n) is 2.60. The number of hydrogen-bond donors (Lipinski definition) is 1. The van der Waals surface area contributed by atoms with Gasteiger partial charge in [-0.15, -0.1) is 11.3 Å². The molecule has 120 valence electrons. The largest absolute Gasteiger partial charge is 0.443 e. The Morgan fingerprint density at radius 2 is 2.23 bits per heavy atom. The summed E-state index contributed by atoms with van der Waals surface area (Å²) in [6.07, 6.45) is 0.559. The van der Waals surface area contributed by atoms with Crippen molar-refractivity contribution in [3.8, 4) is 0 Å². The summed E-state index contributed by atoms with van der Waals surface area (Å²) in [5.74, 6) is 0.910. The number of hydrogen-bond acceptors (Lipinski definition) is 5. The van der Waals surface area contributed by atoms with E-state index in [1.807, 2.05) is 17.8 Å². The molecule has 0 radical (unpaired) electrons. The number of nitrogens with one attached hydrogen (secondary N) is 1. The number of aromatic nitrogens is 3. The van der Waals surface area contributed by atoms with Crippen LogP contribution in [-0.2, 0) is 19.8 Å². The van der Waals surface area contributed by atoms with Gasteiger partial charge in [0, 0.05) is 56.7 Å². The van der Waals surface area contributed by atoms with E-state index in [-0.39, 0.29) is 6.04 Å². The molecule has 9 heteroatoms. The number of rotatable bonds is 3. The lowest BCUT2D eigenvalue weighted by Gasteiger charge is -2.35. The number of thiazole rings is 1. The predicted molar refractivity (Wildman–Crippen MR) is 76.3 cm³/mol. The SMILES string of the molecule is Cn1ccnc1C1CNCCN1Cc1cnc(C(F)(F)F)s1. The predicted octanol–water partition coefficient (Wildman–Crippen LogP) is 2.04. The number of alkyl halides is 3. The number of nitrogens with zero attached hydrogens (tertiary/aromatic N) is 4. The van der Waals surface area contributed by atoms with Crippen LogP contribution in [0, 0.1) is 0 Å². The lowest BCUT2D eigenvalue weighted by Crippen LogP contribution is -2.46. The van der Waals surface area contributed by atoms with Crippen LogP contribution in [0.25, 0.3) is 0 Å². The van der Waals surface area contributed by atoms with E-state index in [1.165, 1.54) is 6.20 Å². The third-order valence-electron chi connectivity index (χ3n) is 3.67. The lowest BCUT2D eigenvalue weighted by atomic mass is 10.1. The maximum Gasteiger partial charge on any atom is 0.443 e. The van der Waals surface area contributed by atoms with Crippen LogP contribution in [0.15, 0.2) is 18.6 Å². The van der Waals surface area contributed by atoms with Crippen molar-refractivity contribution >= 4 is 11.3 Å². The zero-order valence-corrected chi connectivity index (χ0v) is 12.8. The molecule has 1 aliphatic heterocycles. The molecule has 0 bridgehead atoms. The number of imidazole rings is 1. The Kier molecular flexibility index (Phi) is 4.20. The second-order valence-corrected chi connectivity index (χ2v) is 6.33. The van der Waals surface area contributed by atoms with Gasteiger partial charge in [0.2, 0.25) is 0 Å². The van der Waals surface area contributed by atoms with E-state index >= 15 is 0 Å². The Balaban J connectivity index is 1.77. The van der Waals surface area contributed by atoms with Gasteiger partial charge in [-0.1, -0.05) is 0 Å². The summed E-state index contributed by atoms with van der Waals surface area (Å²) in [5, 5.41) is 2.52. The highest BCUT2D eigenvalue weighted by molar-refractivity contribution is 7.11. The van der Waals surface area contributed by atoms with Crippen molar-refractivity contribution in [3.05, 3.63) is 34.3 Å². The zero-order valence-electron chi connectivity index (χ0n) is 12.0. The fourth-order valence-corrected chi connectivity index (χ4v) is 3.41. The second kappa shape index (κ2) is 5.98. The van der Waals surface area contributed by atoms with E-state index in [2.05, 4.69) is 20.2 Å². The minimum Gasteiger partial charge on any atom is -0.337 e. The summed E-state index contributed by atoms with van der Waals surface area (Å²) in [6.45, 7) is 2.76.